The fourth-order valence-electron chi connectivity index (χ4n) is 1.94. The maximum absolute atomic E-state index is 11.9. The number of nitrogens with one attached hydrogen (secondary N) is 2. The molecule has 1 aliphatic rings. The average molecular weight is 283 g/mol. The summed E-state index contributed by atoms with van der Waals surface area (Å²) < 4.78 is 0. The van der Waals surface area contributed by atoms with Crippen LogP contribution in [0.2, 0.25) is 5.02 Å². The molecule has 1 aromatic rings. The predicted molar refractivity (Wildman–Crippen MR) is 72.4 cm³/mol. The smallest absolute Gasteiger partial charge is 0.329 e. The van der Waals surface area contributed by atoms with Crippen molar-refractivity contribution in [1.29, 1.82) is 0 Å². The van der Waals surface area contributed by atoms with Crippen LogP contribution in [0.15, 0.2) is 24.3 Å². The molecular weight excluding hydrogens is 268 g/mol. The van der Waals surface area contributed by atoms with Gasteiger partial charge in [-0.05, 0) is 37.8 Å². The summed E-state index contributed by atoms with van der Waals surface area (Å²) in [6, 6.07) is 6.21. The Morgan fingerprint density at radius 2 is 2.00 bits per heavy atom. The number of amides is 2. The van der Waals surface area contributed by atoms with Gasteiger partial charge in [0.2, 0.25) is 0 Å². The summed E-state index contributed by atoms with van der Waals surface area (Å²) in [6.07, 6.45) is 1.63. The van der Waals surface area contributed by atoms with Crippen molar-refractivity contribution in [2.45, 2.75) is 25.3 Å². The number of aliphatic carboxylic acids is 1. The van der Waals surface area contributed by atoms with E-state index in [0.717, 1.165) is 12.8 Å². The molecule has 0 spiro atoms. The standard InChI is InChI=1S/C13H15ClN2O3/c1-13(11(17)18,8-6-7-8)16-12(19)15-10-5-3-2-4-9(10)14/h2-5,8H,6-7H2,1H3,(H,17,18)(H2,15,16,19). The Morgan fingerprint density at radius 1 is 1.37 bits per heavy atom. The number of urea groups is 1. The lowest BCUT2D eigenvalue weighted by Gasteiger charge is -2.26. The van der Waals surface area contributed by atoms with Crippen LogP contribution < -0.4 is 10.6 Å². The predicted octanol–water partition coefficient (Wildman–Crippen LogP) is 2.71. The third kappa shape index (κ3) is 2.98. The number of halogens is 1. The van der Waals surface area contributed by atoms with E-state index in [2.05, 4.69) is 10.6 Å². The summed E-state index contributed by atoms with van der Waals surface area (Å²) in [5.74, 6) is -1.04. The van der Waals surface area contributed by atoms with Gasteiger partial charge in [0.25, 0.3) is 0 Å². The summed E-state index contributed by atoms with van der Waals surface area (Å²) in [4.78, 5) is 23.2. The van der Waals surface area contributed by atoms with Gasteiger partial charge in [0.15, 0.2) is 0 Å². The molecule has 102 valence electrons. The summed E-state index contributed by atoms with van der Waals surface area (Å²) in [6.45, 7) is 1.53. The Bertz CT molecular complexity index is 516. The first kappa shape index (κ1) is 13.7. The Morgan fingerprint density at radius 3 is 2.53 bits per heavy atom. The van der Waals surface area contributed by atoms with Gasteiger partial charge < -0.3 is 15.7 Å². The molecule has 0 aromatic heterocycles. The van der Waals surface area contributed by atoms with Gasteiger partial charge in [-0.25, -0.2) is 9.59 Å². The minimum atomic E-state index is -1.23. The van der Waals surface area contributed by atoms with E-state index < -0.39 is 17.5 Å². The number of carboxylic acids is 1. The zero-order valence-corrected chi connectivity index (χ0v) is 11.2. The van der Waals surface area contributed by atoms with E-state index in [1.54, 1.807) is 24.3 Å². The molecule has 19 heavy (non-hydrogen) atoms. The number of carbonyl (C=O) groups excluding carboxylic acids is 1. The number of hydrogen-bond acceptors (Lipinski definition) is 2. The normalized spacial score (nSPS) is 17.4. The second-order valence-electron chi connectivity index (χ2n) is 4.84. The largest absolute Gasteiger partial charge is 0.480 e. The van der Waals surface area contributed by atoms with E-state index in [-0.39, 0.29) is 5.92 Å². The first-order valence-corrected chi connectivity index (χ1v) is 6.38. The number of benzene rings is 1. The van der Waals surface area contributed by atoms with Crippen LogP contribution >= 0.6 is 11.6 Å². The molecule has 0 bridgehead atoms. The molecule has 0 heterocycles. The molecule has 1 aromatic carbocycles. The van der Waals surface area contributed by atoms with Crippen molar-refractivity contribution >= 4 is 29.3 Å². The van der Waals surface area contributed by atoms with Gasteiger partial charge >= 0.3 is 12.0 Å². The number of anilines is 1. The van der Waals surface area contributed by atoms with Gasteiger partial charge in [-0.2, -0.15) is 0 Å². The van der Waals surface area contributed by atoms with Crippen LogP contribution in [-0.4, -0.2) is 22.6 Å². The van der Waals surface area contributed by atoms with Crippen LogP contribution in [0.1, 0.15) is 19.8 Å². The first-order chi connectivity index (χ1) is 8.93. The maximum Gasteiger partial charge on any atom is 0.329 e. The summed E-state index contributed by atoms with van der Waals surface area (Å²) in [5.41, 5.74) is -0.782. The van der Waals surface area contributed by atoms with Gasteiger partial charge in [0.1, 0.15) is 5.54 Å². The van der Waals surface area contributed by atoms with Gasteiger partial charge in [0.05, 0.1) is 10.7 Å². The fourth-order valence-corrected chi connectivity index (χ4v) is 2.13. The molecule has 5 nitrogen and oxygen atoms in total. The van der Waals surface area contributed by atoms with Crippen molar-refractivity contribution < 1.29 is 14.7 Å². The van der Waals surface area contributed by atoms with Crippen molar-refractivity contribution in [3.63, 3.8) is 0 Å². The molecule has 1 aliphatic carbocycles. The van der Waals surface area contributed by atoms with Gasteiger partial charge in [-0.1, -0.05) is 23.7 Å². The van der Waals surface area contributed by atoms with Crippen molar-refractivity contribution in [1.82, 2.24) is 5.32 Å². The minimum Gasteiger partial charge on any atom is -0.480 e. The molecule has 3 N–H and O–H groups in total. The lowest BCUT2D eigenvalue weighted by molar-refractivity contribution is -0.144. The van der Waals surface area contributed by atoms with Gasteiger partial charge in [-0.15, -0.1) is 0 Å². The molecule has 6 heteroatoms. The number of hydrogen-bond donors (Lipinski definition) is 3. The molecule has 1 fully saturated rings. The first-order valence-electron chi connectivity index (χ1n) is 6.00. The van der Waals surface area contributed by atoms with Crippen LogP contribution in [0, 0.1) is 5.92 Å². The number of rotatable bonds is 4. The molecule has 1 saturated carbocycles. The molecule has 2 rings (SSSR count). The highest BCUT2D eigenvalue weighted by Gasteiger charge is 2.48. The molecule has 0 aliphatic heterocycles. The second kappa shape index (κ2) is 5.09. The lowest BCUT2D eigenvalue weighted by Crippen LogP contribution is -2.55. The lowest BCUT2D eigenvalue weighted by atomic mass is 9.96. The molecule has 0 saturated heterocycles. The number of carboxylic acid groups (broad SMARTS) is 1. The Labute approximate surface area is 116 Å². The van der Waals surface area contributed by atoms with Crippen LogP contribution in [0.3, 0.4) is 0 Å². The van der Waals surface area contributed by atoms with Crippen LogP contribution in [0.5, 0.6) is 0 Å². The van der Waals surface area contributed by atoms with E-state index >= 15 is 0 Å². The molecule has 0 radical (unpaired) electrons. The van der Waals surface area contributed by atoms with E-state index in [9.17, 15) is 14.7 Å². The highest BCUT2D eigenvalue weighted by atomic mass is 35.5. The highest BCUT2D eigenvalue weighted by molar-refractivity contribution is 6.33. The van der Waals surface area contributed by atoms with E-state index in [0.29, 0.717) is 10.7 Å². The van der Waals surface area contributed by atoms with Crippen molar-refractivity contribution in [3.8, 4) is 0 Å². The third-order valence-corrected chi connectivity index (χ3v) is 3.66. The quantitative estimate of drug-likeness (QED) is 0.794. The van der Waals surface area contributed by atoms with E-state index in [1.807, 2.05) is 0 Å². The second-order valence-corrected chi connectivity index (χ2v) is 5.25. The molecule has 1 atom stereocenters. The molecular formula is C13H15ClN2O3. The van der Waals surface area contributed by atoms with Crippen molar-refractivity contribution in [3.05, 3.63) is 29.3 Å². The minimum absolute atomic E-state index is 0.0120. The van der Waals surface area contributed by atoms with Crippen LogP contribution in [0.4, 0.5) is 10.5 Å². The van der Waals surface area contributed by atoms with E-state index in [4.69, 9.17) is 11.6 Å². The summed E-state index contributed by atoms with van der Waals surface area (Å²) >= 11 is 5.92. The SMILES string of the molecule is CC(NC(=O)Nc1ccccc1Cl)(C(=O)O)C1CC1. The topological polar surface area (TPSA) is 78.4 Å². The van der Waals surface area contributed by atoms with Crippen LogP contribution in [-0.2, 0) is 4.79 Å². The summed E-state index contributed by atoms with van der Waals surface area (Å²) in [7, 11) is 0. The highest BCUT2D eigenvalue weighted by Crippen LogP contribution is 2.39. The number of carbonyl (C=O) groups is 2. The summed E-state index contributed by atoms with van der Waals surface area (Å²) in [5, 5.41) is 14.7. The zero-order valence-electron chi connectivity index (χ0n) is 10.4. The van der Waals surface area contributed by atoms with Crippen LogP contribution in [0.25, 0.3) is 0 Å². The Balaban J connectivity index is 2.05. The fraction of sp³-hybridized carbons (Fsp3) is 0.385. The van der Waals surface area contributed by atoms with Crippen molar-refractivity contribution in [2.24, 2.45) is 5.92 Å². The average Bonchev–Trinajstić information content (AvgIpc) is 3.16. The molecule has 1 unspecified atom stereocenters. The van der Waals surface area contributed by atoms with Gasteiger partial charge in [-0.3, -0.25) is 0 Å². The number of para-hydroxylation sites is 1. The molecule has 2 amide bonds. The van der Waals surface area contributed by atoms with Gasteiger partial charge in [0, 0.05) is 0 Å². The maximum atomic E-state index is 11.9. The van der Waals surface area contributed by atoms with Crippen molar-refractivity contribution in [2.75, 3.05) is 5.32 Å². The Kier molecular flexibility index (Phi) is 3.66. The third-order valence-electron chi connectivity index (χ3n) is 3.33. The Hall–Kier alpha value is -1.75. The van der Waals surface area contributed by atoms with E-state index in [1.165, 1.54) is 6.92 Å². The monoisotopic (exact) mass is 282 g/mol. The zero-order chi connectivity index (χ0) is 14.0.